The zero-order valence-electron chi connectivity index (χ0n) is 15.1. The second-order valence-electron chi connectivity index (χ2n) is 8.22. The van der Waals surface area contributed by atoms with E-state index in [0.717, 1.165) is 6.42 Å². The summed E-state index contributed by atoms with van der Waals surface area (Å²) in [6.07, 6.45) is 1.35. The molecule has 5 rings (SSSR count). The van der Waals surface area contributed by atoms with Crippen molar-refractivity contribution in [2.45, 2.75) is 18.8 Å². The number of ether oxygens (including phenoxy) is 1. The first-order valence-electron chi connectivity index (χ1n) is 9.68. The van der Waals surface area contributed by atoms with Crippen molar-refractivity contribution in [3.05, 3.63) is 48.0 Å². The Kier molecular flexibility index (Phi) is 3.76. The predicted molar refractivity (Wildman–Crippen MR) is 100 cm³/mol. The summed E-state index contributed by atoms with van der Waals surface area (Å²) in [6, 6.07) is 14.6. The predicted octanol–water partition coefficient (Wildman–Crippen LogP) is 2.89. The molecule has 140 valence electrons. The van der Waals surface area contributed by atoms with Crippen LogP contribution in [0.3, 0.4) is 0 Å². The van der Waals surface area contributed by atoms with Crippen LogP contribution in [0.1, 0.15) is 24.3 Å². The summed E-state index contributed by atoms with van der Waals surface area (Å²) in [7, 11) is 0. The van der Waals surface area contributed by atoms with Gasteiger partial charge in [0.1, 0.15) is 0 Å². The van der Waals surface area contributed by atoms with Crippen LogP contribution in [0.2, 0.25) is 0 Å². The summed E-state index contributed by atoms with van der Waals surface area (Å²) in [5, 5.41) is 12.2. The molecule has 1 amide bonds. The van der Waals surface area contributed by atoms with Crippen molar-refractivity contribution in [1.82, 2.24) is 4.90 Å². The van der Waals surface area contributed by atoms with Gasteiger partial charge in [-0.25, -0.2) is 0 Å². The largest absolute Gasteiger partial charge is 0.481 e. The molecule has 2 heterocycles. The first-order chi connectivity index (χ1) is 13.1. The summed E-state index contributed by atoms with van der Waals surface area (Å²) in [5.41, 5.74) is 0.414. The molecular formula is C22H23NO4. The Hall–Kier alpha value is -2.40. The molecule has 0 bridgehead atoms. The number of carboxylic acids is 1. The molecule has 2 aromatic rings. The van der Waals surface area contributed by atoms with Gasteiger partial charge in [0.2, 0.25) is 5.91 Å². The molecule has 1 N–H and O–H groups in total. The average molecular weight is 365 g/mol. The Bertz CT molecular complexity index is 920. The number of carbonyl (C=O) groups is 2. The normalized spacial score (nSPS) is 32.3. The molecule has 2 saturated heterocycles. The van der Waals surface area contributed by atoms with Crippen LogP contribution < -0.4 is 0 Å². The van der Waals surface area contributed by atoms with Gasteiger partial charge >= 0.3 is 5.97 Å². The molecule has 4 atom stereocenters. The molecule has 2 unspecified atom stereocenters. The van der Waals surface area contributed by atoms with E-state index in [0.29, 0.717) is 32.7 Å². The summed E-state index contributed by atoms with van der Waals surface area (Å²) in [5.74, 6) is -0.552. The number of carboxylic acid groups (broad SMARTS) is 1. The van der Waals surface area contributed by atoms with Crippen molar-refractivity contribution in [2.24, 2.45) is 17.3 Å². The minimum absolute atomic E-state index is 0.0253. The lowest BCUT2D eigenvalue weighted by atomic mass is 9.74. The van der Waals surface area contributed by atoms with Gasteiger partial charge in [-0.1, -0.05) is 42.5 Å². The van der Waals surface area contributed by atoms with Crippen LogP contribution in [0, 0.1) is 17.3 Å². The van der Waals surface area contributed by atoms with E-state index >= 15 is 0 Å². The number of hydrogen-bond donors (Lipinski definition) is 1. The number of benzene rings is 2. The lowest BCUT2D eigenvalue weighted by molar-refractivity contribution is -0.157. The standard InChI is InChI=1S/C22H23NO4/c24-20(23-11-15-12-27-9-8-22(15,13-23)21(25)26)19-10-18(19)17-7-3-5-14-4-1-2-6-16(14)17/h1-7,15,18-19H,8-13H2,(H,25,26)/t15-,18?,19?,22+/m0/s1. The van der Waals surface area contributed by atoms with Crippen molar-refractivity contribution < 1.29 is 19.4 Å². The lowest BCUT2D eigenvalue weighted by Crippen LogP contribution is -2.45. The van der Waals surface area contributed by atoms with Crippen molar-refractivity contribution in [3.63, 3.8) is 0 Å². The molecular weight excluding hydrogens is 342 g/mol. The minimum Gasteiger partial charge on any atom is -0.481 e. The first-order valence-corrected chi connectivity index (χ1v) is 9.68. The van der Waals surface area contributed by atoms with Gasteiger partial charge in [0, 0.05) is 31.5 Å². The summed E-state index contributed by atoms with van der Waals surface area (Å²) in [4.78, 5) is 26.9. The Morgan fingerprint density at radius 2 is 1.96 bits per heavy atom. The van der Waals surface area contributed by atoms with Gasteiger partial charge < -0.3 is 14.7 Å². The highest BCUT2D eigenvalue weighted by Crippen LogP contribution is 2.52. The molecule has 2 aromatic carbocycles. The minimum atomic E-state index is -0.822. The highest BCUT2D eigenvalue weighted by atomic mass is 16.5. The van der Waals surface area contributed by atoms with Crippen LogP contribution in [0.4, 0.5) is 0 Å². The van der Waals surface area contributed by atoms with Gasteiger partial charge in [0.15, 0.2) is 0 Å². The molecule has 5 heteroatoms. The van der Waals surface area contributed by atoms with Crippen molar-refractivity contribution >= 4 is 22.6 Å². The van der Waals surface area contributed by atoms with Crippen molar-refractivity contribution in [3.8, 4) is 0 Å². The highest BCUT2D eigenvalue weighted by Gasteiger charge is 2.57. The van der Waals surface area contributed by atoms with Crippen LogP contribution in [0.25, 0.3) is 10.8 Å². The molecule has 5 nitrogen and oxygen atoms in total. The third-order valence-corrected chi connectivity index (χ3v) is 6.77. The second kappa shape index (κ2) is 6.06. The van der Waals surface area contributed by atoms with Gasteiger partial charge in [-0.2, -0.15) is 0 Å². The van der Waals surface area contributed by atoms with E-state index in [4.69, 9.17) is 4.74 Å². The van der Waals surface area contributed by atoms with Gasteiger partial charge in [-0.05, 0) is 35.1 Å². The SMILES string of the molecule is O=C(C1CC1c1cccc2ccccc12)N1C[C@H]2COCC[C@@]2(C(=O)O)C1. The van der Waals surface area contributed by atoms with Gasteiger partial charge in [-0.3, -0.25) is 9.59 Å². The zero-order valence-corrected chi connectivity index (χ0v) is 15.1. The molecule has 27 heavy (non-hydrogen) atoms. The fourth-order valence-corrected chi connectivity index (χ4v) is 5.09. The number of likely N-dealkylation sites (tertiary alicyclic amines) is 1. The topological polar surface area (TPSA) is 66.8 Å². The van der Waals surface area contributed by atoms with Crippen LogP contribution in [0.5, 0.6) is 0 Å². The Balaban J connectivity index is 1.37. The summed E-state index contributed by atoms with van der Waals surface area (Å²) in [6.45, 7) is 1.73. The average Bonchev–Trinajstić information content (AvgIpc) is 3.38. The van der Waals surface area contributed by atoms with Crippen LogP contribution >= 0.6 is 0 Å². The molecule has 3 aliphatic rings. The fraction of sp³-hybridized carbons (Fsp3) is 0.455. The molecule has 1 saturated carbocycles. The van der Waals surface area contributed by atoms with Gasteiger partial charge in [0.05, 0.1) is 12.0 Å². The number of aliphatic carboxylic acids is 1. The molecule has 2 aliphatic heterocycles. The lowest BCUT2D eigenvalue weighted by Gasteiger charge is -2.33. The second-order valence-corrected chi connectivity index (χ2v) is 8.22. The Labute approximate surface area is 157 Å². The number of amides is 1. The zero-order chi connectivity index (χ0) is 18.6. The Morgan fingerprint density at radius 3 is 2.78 bits per heavy atom. The van der Waals surface area contributed by atoms with Crippen molar-refractivity contribution in [1.29, 1.82) is 0 Å². The van der Waals surface area contributed by atoms with Crippen LogP contribution in [-0.4, -0.2) is 48.2 Å². The molecule has 1 aliphatic carbocycles. The monoisotopic (exact) mass is 365 g/mol. The first kappa shape index (κ1) is 16.8. The third kappa shape index (κ3) is 2.56. The number of nitrogens with zero attached hydrogens (tertiary/aromatic N) is 1. The number of fused-ring (bicyclic) bond motifs is 2. The van der Waals surface area contributed by atoms with Crippen LogP contribution in [-0.2, 0) is 14.3 Å². The summed E-state index contributed by atoms with van der Waals surface area (Å²) >= 11 is 0. The highest BCUT2D eigenvalue weighted by molar-refractivity contribution is 5.90. The fourth-order valence-electron chi connectivity index (χ4n) is 5.09. The van der Waals surface area contributed by atoms with E-state index in [2.05, 4.69) is 30.3 Å². The summed E-state index contributed by atoms with van der Waals surface area (Å²) < 4.78 is 5.50. The molecule has 3 fully saturated rings. The number of hydrogen-bond acceptors (Lipinski definition) is 3. The molecule has 0 radical (unpaired) electrons. The smallest absolute Gasteiger partial charge is 0.311 e. The van der Waals surface area contributed by atoms with E-state index < -0.39 is 11.4 Å². The quantitative estimate of drug-likeness (QED) is 0.908. The van der Waals surface area contributed by atoms with E-state index in [1.54, 1.807) is 4.90 Å². The molecule has 0 aromatic heterocycles. The Morgan fingerprint density at radius 1 is 1.15 bits per heavy atom. The number of rotatable bonds is 3. The maximum Gasteiger partial charge on any atom is 0.311 e. The maximum atomic E-state index is 13.1. The van der Waals surface area contributed by atoms with Crippen molar-refractivity contribution in [2.75, 3.05) is 26.3 Å². The maximum absolute atomic E-state index is 13.1. The van der Waals surface area contributed by atoms with Gasteiger partial charge in [-0.15, -0.1) is 0 Å². The van der Waals surface area contributed by atoms with Gasteiger partial charge in [0.25, 0.3) is 0 Å². The van der Waals surface area contributed by atoms with E-state index in [9.17, 15) is 14.7 Å². The van der Waals surface area contributed by atoms with Crippen LogP contribution in [0.15, 0.2) is 42.5 Å². The molecule has 0 spiro atoms. The van der Waals surface area contributed by atoms with E-state index in [1.165, 1.54) is 16.3 Å². The van der Waals surface area contributed by atoms with E-state index in [-0.39, 0.29) is 23.7 Å². The number of carbonyl (C=O) groups excluding carboxylic acids is 1. The third-order valence-electron chi connectivity index (χ3n) is 6.77. The van der Waals surface area contributed by atoms with E-state index in [1.807, 2.05) is 12.1 Å².